The maximum atomic E-state index is 4.38. The van der Waals surface area contributed by atoms with Crippen molar-refractivity contribution in [3.63, 3.8) is 0 Å². The number of rotatable bonds is 5. The summed E-state index contributed by atoms with van der Waals surface area (Å²) in [6.45, 7) is 5.82. The van der Waals surface area contributed by atoms with Crippen molar-refractivity contribution in [3.05, 3.63) is 72.6 Å². The predicted molar refractivity (Wildman–Crippen MR) is 111 cm³/mol. The summed E-state index contributed by atoms with van der Waals surface area (Å²) >= 11 is 0. The van der Waals surface area contributed by atoms with Crippen LogP contribution in [-0.4, -0.2) is 28.0 Å². The lowest BCUT2D eigenvalue weighted by atomic mass is 9.99. The first-order valence-corrected chi connectivity index (χ1v) is 9.72. The lowest BCUT2D eigenvalue weighted by molar-refractivity contribution is 0.185. The maximum Gasteiger partial charge on any atom is 0.134 e. The molecule has 0 aliphatic carbocycles. The van der Waals surface area contributed by atoms with Crippen LogP contribution in [0.2, 0.25) is 0 Å². The predicted octanol–water partition coefficient (Wildman–Crippen LogP) is 5.12. The Kier molecular flexibility index (Phi) is 5.45. The lowest BCUT2D eigenvalue weighted by Crippen LogP contribution is -2.32. The third-order valence-electron chi connectivity index (χ3n) is 5.25. The van der Waals surface area contributed by atoms with Crippen LogP contribution < -0.4 is 5.32 Å². The molecular formula is C23H26N4. The minimum absolute atomic E-state index is 0.807. The fourth-order valence-corrected chi connectivity index (χ4v) is 3.51. The Bertz CT molecular complexity index is 853. The van der Waals surface area contributed by atoms with Gasteiger partial charge in [-0.15, -0.1) is 0 Å². The molecule has 1 aliphatic heterocycles. The average Bonchev–Trinajstić information content (AvgIpc) is 2.72. The standard InChI is InChI=1S/C23H26N4/c1-18-11-13-27(14-12-18)16-19-7-9-21(10-8-19)26-23-15-22(24-17-25-23)20-5-3-2-4-6-20/h2-10,15,17-18H,11-14,16H2,1H3,(H,24,25,26). The molecule has 0 amide bonds. The van der Waals surface area contributed by atoms with Gasteiger partial charge < -0.3 is 5.32 Å². The first-order chi connectivity index (χ1) is 13.3. The monoisotopic (exact) mass is 358 g/mol. The molecule has 4 nitrogen and oxygen atoms in total. The first kappa shape index (κ1) is 17.7. The molecule has 4 heteroatoms. The van der Waals surface area contributed by atoms with Gasteiger partial charge in [0.15, 0.2) is 0 Å². The fourth-order valence-electron chi connectivity index (χ4n) is 3.51. The van der Waals surface area contributed by atoms with Crippen molar-refractivity contribution >= 4 is 11.5 Å². The van der Waals surface area contributed by atoms with Crippen molar-refractivity contribution in [1.82, 2.24) is 14.9 Å². The zero-order chi connectivity index (χ0) is 18.5. The van der Waals surface area contributed by atoms with E-state index in [9.17, 15) is 0 Å². The van der Waals surface area contributed by atoms with Crippen molar-refractivity contribution in [2.45, 2.75) is 26.3 Å². The van der Waals surface area contributed by atoms with E-state index in [0.29, 0.717) is 0 Å². The Morgan fingerprint density at radius 1 is 0.963 bits per heavy atom. The smallest absolute Gasteiger partial charge is 0.134 e. The van der Waals surface area contributed by atoms with Crippen LogP contribution >= 0.6 is 0 Å². The minimum atomic E-state index is 0.807. The van der Waals surface area contributed by atoms with Gasteiger partial charge in [0.05, 0.1) is 5.69 Å². The van der Waals surface area contributed by atoms with Gasteiger partial charge in [0, 0.05) is 23.9 Å². The first-order valence-electron chi connectivity index (χ1n) is 9.72. The SMILES string of the molecule is CC1CCN(Cc2ccc(Nc3cc(-c4ccccc4)ncn3)cc2)CC1. The highest BCUT2D eigenvalue weighted by molar-refractivity contribution is 5.65. The molecule has 0 saturated carbocycles. The number of hydrogen-bond acceptors (Lipinski definition) is 4. The van der Waals surface area contributed by atoms with Crippen LogP contribution in [0.1, 0.15) is 25.3 Å². The molecular weight excluding hydrogens is 332 g/mol. The molecule has 0 radical (unpaired) electrons. The van der Waals surface area contributed by atoms with Gasteiger partial charge in [0.1, 0.15) is 12.1 Å². The van der Waals surface area contributed by atoms with E-state index in [4.69, 9.17) is 0 Å². The number of piperidine rings is 1. The highest BCUT2D eigenvalue weighted by Crippen LogP contribution is 2.22. The van der Waals surface area contributed by atoms with Crippen molar-refractivity contribution in [1.29, 1.82) is 0 Å². The van der Waals surface area contributed by atoms with E-state index in [1.807, 2.05) is 24.3 Å². The summed E-state index contributed by atoms with van der Waals surface area (Å²) in [7, 11) is 0. The third kappa shape index (κ3) is 4.72. The highest BCUT2D eigenvalue weighted by Gasteiger charge is 2.15. The van der Waals surface area contributed by atoms with Crippen molar-refractivity contribution in [2.24, 2.45) is 5.92 Å². The van der Waals surface area contributed by atoms with Crippen molar-refractivity contribution < 1.29 is 0 Å². The van der Waals surface area contributed by atoms with Crippen LogP contribution in [0.25, 0.3) is 11.3 Å². The van der Waals surface area contributed by atoms with Crippen molar-refractivity contribution in [3.8, 4) is 11.3 Å². The van der Waals surface area contributed by atoms with Crippen molar-refractivity contribution in [2.75, 3.05) is 18.4 Å². The van der Waals surface area contributed by atoms with E-state index in [2.05, 4.69) is 63.5 Å². The second-order valence-electron chi connectivity index (χ2n) is 7.44. The van der Waals surface area contributed by atoms with E-state index in [-0.39, 0.29) is 0 Å². The Balaban J connectivity index is 1.40. The van der Waals surface area contributed by atoms with Gasteiger partial charge in [-0.25, -0.2) is 9.97 Å². The molecule has 2 heterocycles. The van der Waals surface area contributed by atoms with Crippen LogP contribution in [0.4, 0.5) is 11.5 Å². The number of aromatic nitrogens is 2. The molecule has 3 aromatic rings. The molecule has 1 aliphatic rings. The molecule has 1 aromatic heterocycles. The van der Waals surface area contributed by atoms with Gasteiger partial charge in [0.2, 0.25) is 0 Å². The van der Waals surface area contributed by atoms with E-state index >= 15 is 0 Å². The zero-order valence-corrected chi connectivity index (χ0v) is 15.8. The normalized spacial score (nSPS) is 15.6. The molecule has 4 rings (SSSR count). The molecule has 0 unspecified atom stereocenters. The summed E-state index contributed by atoms with van der Waals surface area (Å²) in [6, 6.07) is 20.8. The number of likely N-dealkylation sites (tertiary alicyclic amines) is 1. The largest absolute Gasteiger partial charge is 0.340 e. The zero-order valence-electron chi connectivity index (χ0n) is 15.8. The molecule has 0 atom stereocenters. The maximum absolute atomic E-state index is 4.38. The van der Waals surface area contributed by atoms with Gasteiger partial charge in [0.25, 0.3) is 0 Å². The summed E-state index contributed by atoms with van der Waals surface area (Å²) in [5.74, 6) is 1.68. The van der Waals surface area contributed by atoms with Gasteiger partial charge in [-0.1, -0.05) is 49.4 Å². The Morgan fingerprint density at radius 2 is 1.70 bits per heavy atom. The van der Waals surface area contributed by atoms with Gasteiger partial charge >= 0.3 is 0 Å². The number of anilines is 2. The molecule has 1 saturated heterocycles. The molecule has 0 spiro atoms. The number of hydrogen-bond donors (Lipinski definition) is 1. The second kappa shape index (κ2) is 8.31. The average molecular weight is 358 g/mol. The summed E-state index contributed by atoms with van der Waals surface area (Å²) < 4.78 is 0. The van der Waals surface area contributed by atoms with E-state index < -0.39 is 0 Å². The summed E-state index contributed by atoms with van der Waals surface area (Å²) in [5, 5.41) is 3.39. The number of nitrogens with one attached hydrogen (secondary N) is 1. The summed E-state index contributed by atoms with van der Waals surface area (Å²) in [5.41, 5.74) is 4.42. The molecule has 0 bridgehead atoms. The summed E-state index contributed by atoms with van der Waals surface area (Å²) in [6.07, 6.45) is 4.24. The molecule has 27 heavy (non-hydrogen) atoms. The Morgan fingerprint density at radius 3 is 2.44 bits per heavy atom. The third-order valence-corrected chi connectivity index (χ3v) is 5.25. The topological polar surface area (TPSA) is 41.0 Å². The van der Waals surface area contributed by atoms with E-state index in [1.54, 1.807) is 6.33 Å². The lowest BCUT2D eigenvalue weighted by Gasteiger charge is -2.30. The van der Waals surface area contributed by atoms with Crippen LogP contribution in [0.3, 0.4) is 0 Å². The second-order valence-corrected chi connectivity index (χ2v) is 7.44. The van der Waals surface area contributed by atoms with Gasteiger partial charge in [-0.3, -0.25) is 4.90 Å². The van der Waals surface area contributed by atoms with Crippen LogP contribution in [0.5, 0.6) is 0 Å². The molecule has 1 N–H and O–H groups in total. The highest BCUT2D eigenvalue weighted by atomic mass is 15.1. The quantitative estimate of drug-likeness (QED) is 0.687. The van der Waals surface area contributed by atoms with E-state index in [0.717, 1.165) is 35.2 Å². The Hall–Kier alpha value is -2.72. The van der Waals surface area contributed by atoms with Crippen LogP contribution in [0, 0.1) is 5.92 Å². The number of benzene rings is 2. The fraction of sp³-hybridized carbons (Fsp3) is 0.304. The molecule has 2 aromatic carbocycles. The molecule has 1 fully saturated rings. The van der Waals surface area contributed by atoms with Crippen LogP contribution in [0.15, 0.2) is 67.0 Å². The van der Waals surface area contributed by atoms with Gasteiger partial charge in [-0.2, -0.15) is 0 Å². The Labute approximate surface area is 161 Å². The van der Waals surface area contributed by atoms with E-state index in [1.165, 1.54) is 31.5 Å². The molecule has 138 valence electrons. The summed E-state index contributed by atoms with van der Waals surface area (Å²) in [4.78, 5) is 11.3. The van der Waals surface area contributed by atoms with Crippen LogP contribution in [-0.2, 0) is 6.54 Å². The number of nitrogens with zero attached hydrogens (tertiary/aromatic N) is 3. The van der Waals surface area contributed by atoms with Gasteiger partial charge in [-0.05, 0) is 49.5 Å². The minimum Gasteiger partial charge on any atom is -0.340 e.